The van der Waals surface area contributed by atoms with Crippen LogP contribution in [0.3, 0.4) is 0 Å². The Morgan fingerprint density at radius 3 is 3.00 bits per heavy atom. The number of ether oxygens (including phenoxy) is 1. The van der Waals surface area contributed by atoms with Crippen LogP contribution in [-0.2, 0) is 14.3 Å². The summed E-state index contributed by atoms with van der Waals surface area (Å²) in [7, 11) is 0. The van der Waals surface area contributed by atoms with Crippen molar-refractivity contribution in [1.82, 2.24) is 0 Å². The summed E-state index contributed by atoms with van der Waals surface area (Å²) in [4.78, 5) is 21.7. The molecule has 0 spiro atoms. The smallest absolute Gasteiger partial charge is 0.330 e. The summed E-state index contributed by atoms with van der Waals surface area (Å²) < 4.78 is 4.93. The summed E-state index contributed by atoms with van der Waals surface area (Å²) in [6.45, 7) is 3.29. The molecule has 0 heterocycles. The van der Waals surface area contributed by atoms with Gasteiger partial charge in [-0.05, 0) is 12.8 Å². The Balaban J connectivity index is 2.36. The van der Waals surface area contributed by atoms with Gasteiger partial charge in [0.2, 0.25) is 0 Å². The van der Waals surface area contributed by atoms with E-state index in [0.717, 1.165) is 18.9 Å². The molecule has 1 aliphatic rings. The highest BCUT2D eigenvalue weighted by molar-refractivity contribution is 5.83. The van der Waals surface area contributed by atoms with E-state index < -0.39 is 5.97 Å². The molecule has 3 heteroatoms. The van der Waals surface area contributed by atoms with Crippen molar-refractivity contribution < 1.29 is 14.3 Å². The minimum absolute atomic E-state index is 0.183. The maximum Gasteiger partial charge on any atom is 0.330 e. The van der Waals surface area contributed by atoms with Crippen LogP contribution >= 0.6 is 0 Å². The number of hydrogen-bond acceptors (Lipinski definition) is 3. The fourth-order valence-electron chi connectivity index (χ4n) is 1.30. The Bertz CT molecular complexity index is 208. The van der Waals surface area contributed by atoms with E-state index in [9.17, 15) is 9.59 Å². The zero-order valence-corrected chi connectivity index (χ0v) is 6.91. The van der Waals surface area contributed by atoms with Gasteiger partial charge in [0.25, 0.3) is 0 Å². The second kappa shape index (κ2) is 4.04. The first kappa shape index (κ1) is 8.97. The van der Waals surface area contributed by atoms with Crippen molar-refractivity contribution in [3.8, 4) is 0 Å². The quantitative estimate of drug-likeness (QED) is 0.460. The largest absolute Gasteiger partial charge is 0.459 e. The van der Waals surface area contributed by atoms with E-state index in [2.05, 4.69) is 6.58 Å². The maximum absolute atomic E-state index is 10.9. The molecule has 0 bridgehead atoms. The van der Waals surface area contributed by atoms with E-state index in [1.54, 1.807) is 0 Å². The molecule has 0 amide bonds. The molecule has 1 aliphatic carbocycles. The van der Waals surface area contributed by atoms with Crippen LogP contribution in [0.25, 0.3) is 0 Å². The standard InChI is InChI=1S/C9H12O3/c1-2-9(11)12-8-5-3-4-7(10)6-8/h2,8H,1,3-6H2. The first-order valence-corrected chi connectivity index (χ1v) is 4.07. The van der Waals surface area contributed by atoms with Crippen molar-refractivity contribution in [2.75, 3.05) is 0 Å². The molecule has 1 rings (SSSR count). The lowest BCUT2D eigenvalue weighted by Gasteiger charge is -2.19. The van der Waals surface area contributed by atoms with Crippen molar-refractivity contribution >= 4 is 11.8 Å². The van der Waals surface area contributed by atoms with E-state index >= 15 is 0 Å². The molecule has 0 N–H and O–H groups in total. The van der Waals surface area contributed by atoms with Crippen LogP contribution in [0.4, 0.5) is 0 Å². The van der Waals surface area contributed by atoms with Crippen molar-refractivity contribution in [2.24, 2.45) is 0 Å². The van der Waals surface area contributed by atoms with Crippen LogP contribution in [0.5, 0.6) is 0 Å². The summed E-state index contributed by atoms with van der Waals surface area (Å²) in [6.07, 6.45) is 3.54. The highest BCUT2D eigenvalue weighted by Gasteiger charge is 2.21. The minimum atomic E-state index is -0.435. The first-order valence-electron chi connectivity index (χ1n) is 4.07. The fraction of sp³-hybridized carbons (Fsp3) is 0.556. The van der Waals surface area contributed by atoms with Gasteiger partial charge in [-0.3, -0.25) is 4.79 Å². The Hall–Kier alpha value is -1.12. The molecule has 0 radical (unpaired) electrons. The van der Waals surface area contributed by atoms with Gasteiger partial charge in [-0.25, -0.2) is 4.79 Å². The van der Waals surface area contributed by atoms with Gasteiger partial charge >= 0.3 is 5.97 Å². The van der Waals surface area contributed by atoms with Crippen LogP contribution in [-0.4, -0.2) is 17.9 Å². The van der Waals surface area contributed by atoms with Crippen LogP contribution in [0, 0.1) is 0 Å². The summed E-state index contributed by atoms with van der Waals surface area (Å²) in [5.41, 5.74) is 0. The normalized spacial score (nSPS) is 23.3. The van der Waals surface area contributed by atoms with Crippen molar-refractivity contribution in [3.05, 3.63) is 12.7 Å². The third kappa shape index (κ3) is 2.49. The number of carbonyl (C=O) groups excluding carboxylic acids is 2. The molecule has 3 nitrogen and oxygen atoms in total. The zero-order valence-electron chi connectivity index (χ0n) is 6.91. The molecule has 0 saturated heterocycles. The monoisotopic (exact) mass is 168 g/mol. The summed E-state index contributed by atoms with van der Waals surface area (Å²) in [5, 5.41) is 0. The predicted molar refractivity (Wildman–Crippen MR) is 43.6 cm³/mol. The molecule has 1 atom stereocenters. The third-order valence-corrected chi connectivity index (χ3v) is 1.89. The number of hydrogen-bond donors (Lipinski definition) is 0. The van der Waals surface area contributed by atoms with E-state index in [1.807, 2.05) is 0 Å². The SMILES string of the molecule is C=CC(=O)OC1CCCC(=O)C1. The topological polar surface area (TPSA) is 43.4 Å². The number of carbonyl (C=O) groups is 2. The Morgan fingerprint density at radius 2 is 2.42 bits per heavy atom. The van der Waals surface area contributed by atoms with Gasteiger partial charge in [0.1, 0.15) is 11.9 Å². The first-order chi connectivity index (χ1) is 5.72. The Labute approximate surface area is 71.4 Å². The maximum atomic E-state index is 10.9. The molecule has 66 valence electrons. The number of ketones is 1. The lowest BCUT2D eigenvalue weighted by Crippen LogP contribution is -2.24. The number of rotatable bonds is 2. The Kier molecular flexibility index (Phi) is 3.02. The third-order valence-electron chi connectivity index (χ3n) is 1.89. The lowest BCUT2D eigenvalue weighted by molar-refractivity contribution is -0.146. The second-order valence-corrected chi connectivity index (χ2v) is 2.90. The molecule has 0 aliphatic heterocycles. The number of esters is 1. The molecule has 1 fully saturated rings. The van der Waals surface area contributed by atoms with E-state index in [4.69, 9.17) is 4.74 Å². The molecule has 1 unspecified atom stereocenters. The van der Waals surface area contributed by atoms with Crippen LogP contribution in [0.15, 0.2) is 12.7 Å². The molecule has 0 aromatic carbocycles. The fourth-order valence-corrected chi connectivity index (χ4v) is 1.30. The van der Waals surface area contributed by atoms with Gasteiger partial charge in [-0.1, -0.05) is 6.58 Å². The average Bonchev–Trinajstić information content (AvgIpc) is 2.04. The van der Waals surface area contributed by atoms with Crippen molar-refractivity contribution in [3.63, 3.8) is 0 Å². The molecular weight excluding hydrogens is 156 g/mol. The molecular formula is C9H12O3. The predicted octanol–water partition coefficient (Wildman–Crippen LogP) is 1.23. The van der Waals surface area contributed by atoms with Gasteiger partial charge in [0.15, 0.2) is 0 Å². The second-order valence-electron chi connectivity index (χ2n) is 2.90. The number of Topliss-reactive ketones (excluding diaryl/α,β-unsaturated/α-hetero) is 1. The van der Waals surface area contributed by atoms with Gasteiger partial charge in [-0.2, -0.15) is 0 Å². The molecule has 1 saturated carbocycles. The molecule has 12 heavy (non-hydrogen) atoms. The van der Waals surface area contributed by atoms with Gasteiger partial charge < -0.3 is 4.74 Å². The van der Waals surface area contributed by atoms with Gasteiger partial charge in [-0.15, -0.1) is 0 Å². The molecule has 0 aromatic heterocycles. The van der Waals surface area contributed by atoms with Crippen LogP contribution < -0.4 is 0 Å². The van der Waals surface area contributed by atoms with Crippen molar-refractivity contribution in [1.29, 1.82) is 0 Å². The minimum Gasteiger partial charge on any atom is -0.459 e. The summed E-state index contributed by atoms with van der Waals surface area (Å²) in [5.74, 6) is -0.252. The molecule has 0 aromatic rings. The van der Waals surface area contributed by atoms with Gasteiger partial charge in [0, 0.05) is 18.9 Å². The summed E-state index contributed by atoms with van der Waals surface area (Å²) in [6, 6.07) is 0. The van der Waals surface area contributed by atoms with Crippen LogP contribution in [0.1, 0.15) is 25.7 Å². The average molecular weight is 168 g/mol. The van der Waals surface area contributed by atoms with E-state index in [-0.39, 0.29) is 11.9 Å². The zero-order chi connectivity index (χ0) is 8.97. The summed E-state index contributed by atoms with van der Waals surface area (Å²) >= 11 is 0. The highest BCUT2D eigenvalue weighted by atomic mass is 16.5. The Morgan fingerprint density at radius 1 is 1.67 bits per heavy atom. The van der Waals surface area contributed by atoms with E-state index in [0.29, 0.717) is 12.8 Å². The lowest BCUT2D eigenvalue weighted by atomic mass is 9.96. The van der Waals surface area contributed by atoms with Crippen LogP contribution in [0.2, 0.25) is 0 Å². The van der Waals surface area contributed by atoms with Crippen molar-refractivity contribution in [2.45, 2.75) is 31.8 Å². The van der Waals surface area contributed by atoms with Gasteiger partial charge in [0.05, 0.1) is 0 Å². The highest BCUT2D eigenvalue weighted by Crippen LogP contribution is 2.17. The van der Waals surface area contributed by atoms with E-state index in [1.165, 1.54) is 0 Å².